The number of carbonyl (C=O) groups is 1. The van der Waals surface area contributed by atoms with Gasteiger partial charge >= 0.3 is 0 Å². The smallest absolute Gasteiger partial charge is 0.239 e. The summed E-state index contributed by atoms with van der Waals surface area (Å²) in [5, 5.41) is 0. The number of ether oxygens (including phenoxy) is 1. The van der Waals surface area contributed by atoms with Crippen LogP contribution in [0.25, 0.3) is 0 Å². The maximum absolute atomic E-state index is 11.0. The summed E-state index contributed by atoms with van der Waals surface area (Å²) in [6.45, 7) is 5.73. The Hall–Kier alpha value is -2.21. The average molecular weight is 255 g/mol. The second kappa shape index (κ2) is 5.62. The fourth-order valence-electron chi connectivity index (χ4n) is 2.03. The summed E-state index contributed by atoms with van der Waals surface area (Å²) < 4.78 is 5.66. The van der Waals surface area contributed by atoms with Gasteiger partial charge in [-0.15, -0.1) is 0 Å². The zero-order chi connectivity index (χ0) is 13.8. The topological polar surface area (TPSA) is 29.5 Å². The van der Waals surface area contributed by atoms with E-state index in [-0.39, 0.29) is 0 Å². The first-order valence-electron chi connectivity index (χ1n) is 6.24. The number of benzene rings is 1. The van der Waals surface area contributed by atoms with Gasteiger partial charge in [-0.25, -0.2) is 0 Å². The fourth-order valence-corrected chi connectivity index (χ4v) is 2.03. The minimum absolute atomic E-state index is 0.618. The second-order valence-corrected chi connectivity index (χ2v) is 4.55. The molecule has 1 aromatic carbocycles. The Bertz CT molecular complexity index is 561. The van der Waals surface area contributed by atoms with Crippen molar-refractivity contribution in [3.05, 3.63) is 46.8 Å². The third-order valence-electron chi connectivity index (χ3n) is 3.12. The standard InChI is InChI=1S/C16H17NO2/c1-4-9-17-13(3)15(19-16(17)11-18)10-14-7-5-12(2)6-8-14/h5-8,11,16H,10H2,1-3H3. The predicted molar refractivity (Wildman–Crippen MR) is 73.8 cm³/mol. The van der Waals surface area contributed by atoms with E-state index in [4.69, 9.17) is 4.74 Å². The van der Waals surface area contributed by atoms with Crippen molar-refractivity contribution < 1.29 is 9.53 Å². The van der Waals surface area contributed by atoms with Gasteiger partial charge in [-0.2, -0.15) is 0 Å². The van der Waals surface area contributed by atoms with Gasteiger partial charge in [0.15, 0.2) is 6.29 Å². The molecule has 0 spiro atoms. The van der Waals surface area contributed by atoms with Gasteiger partial charge in [0.05, 0.1) is 5.70 Å². The highest BCUT2D eigenvalue weighted by molar-refractivity contribution is 5.58. The molecule has 0 aliphatic carbocycles. The lowest BCUT2D eigenvalue weighted by Gasteiger charge is -2.14. The van der Waals surface area contributed by atoms with Crippen LogP contribution in [0.2, 0.25) is 0 Å². The molecular formula is C16H17NO2. The van der Waals surface area contributed by atoms with Gasteiger partial charge in [-0.1, -0.05) is 35.7 Å². The van der Waals surface area contributed by atoms with Gasteiger partial charge in [0, 0.05) is 12.5 Å². The Labute approximate surface area is 113 Å². The van der Waals surface area contributed by atoms with E-state index in [0.717, 1.165) is 23.3 Å². The maximum Gasteiger partial charge on any atom is 0.239 e. The quantitative estimate of drug-likeness (QED) is 0.614. The van der Waals surface area contributed by atoms with E-state index in [1.165, 1.54) is 5.56 Å². The highest BCUT2D eigenvalue weighted by atomic mass is 16.5. The maximum atomic E-state index is 11.0. The largest absolute Gasteiger partial charge is 0.465 e. The average Bonchev–Trinajstić information content (AvgIpc) is 2.70. The number of rotatable bonds is 3. The first kappa shape index (κ1) is 13.2. The molecule has 1 unspecified atom stereocenters. The van der Waals surface area contributed by atoms with E-state index < -0.39 is 6.23 Å². The lowest BCUT2D eigenvalue weighted by Crippen LogP contribution is -2.27. The Kier molecular flexibility index (Phi) is 3.91. The van der Waals surface area contributed by atoms with E-state index in [1.807, 2.05) is 6.92 Å². The molecule has 19 heavy (non-hydrogen) atoms. The third-order valence-corrected chi connectivity index (χ3v) is 3.12. The summed E-state index contributed by atoms with van der Waals surface area (Å²) >= 11 is 0. The van der Waals surface area contributed by atoms with Crippen LogP contribution in [0.3, 0.4) is 0 Å². The number of carbonyl (C=O) groups excluding carboxylic acids is 1. The van der Waals surface area contributed by atoms with E-state index in [1.54, 1.807) is 11.8 Å². The summed E-state index contributed by atoms with van der Waals surface area (Å²) in [4.78, 5) is 12.7. The second-order valence-electron chi connectivity index (χ2n) is 4.55. The monoisotopic (exact) mass is 255 g/mol. The van der Waals surface area contributed by atoms with Crippen LogP contribution >= 0.6 is 0 Å². The molecular weight excluding hydrogens is 238 g/mol. The molecule has 3 heteroatoms. The third kappa shape index (κ3) is 2.79. The van der Waals surface area contributed by atoms with Crippen LogP contribution in [0.4, 0.5) is 0 Å². The van der Waals surface area contributed by atoms with Crippen LogP contribution in [-0.2, 0) is 16.0 Å². The van der Waals surface area contributed by atoms with E-state index >= 15 is 0 Å². The van der Waals surface area contributed by atoms with Crippen LogP contribution in [-0.4, -0.2) is 17.4 Å². The molecule has 2 rings (SSSR count). The van der Waals surface area contributed by atoms with Crippen LogP contribution in [0.15, 0.2) is 35.7 Å². The molecule has 1 aliphatic heterocycles. The zero-order valence-corrected chi connectivity index (χ0v) is 11.4. The molecule has 3 nitrogen and oxygen atoms in total. The van der Waals surface area contributed by atoms with Crippen molar-refractivity contribution in [2.45, 2.75) is 33.4 Å². The van der Waals surface area contributed by atoms with Crippen molar-refractivity contribution >= 4 is 6.29 Å². The van der Waals surface area contributed by atoms with Crippen molar-refractivity contribution in [3.63, 3.8) is 0 Å². The number of aryl methyl sites for hydroxylation is 1. The number of nitrogens with zero attached hydrogens (tertiary/aromatic N) is 1. The lowest BCUT2D eigenvalue weighted by molar-refractivity contribution is -0.119. The van der Waals surface area contributed by atoms with Gasteiger partial charge < -0.3 is 4.74 Å². The molecule has 0 saturated carbocycles. The van der Waals surface area contributed by atoms with Gasteiger partial charge in [-0.3, -0.25) is 9.69 Å². The Morgan fingerprint density at radius 2 is 2.00 bits per heavy atom. The minimum Gasteiger partial charge on any atom is -0.465 e. The predicted octanol–water partition coefficient (Wildman–Crippen LogP) is 2.61. The van der Waals surface area contributed by atoms with Crippen LogP contribution < -0.4 is 0 Å². The highest BCUT2D eigenvalue weighted by Crippen LogP contribution is 2.26. The van der Waals surface area contributed by atoms with Gasteiger partial charge in [-0.05, 0) is 26.3 Å². The Morgan fingerprint density at radius 3 is 2.58 bits per heavy atom. The molecule has 98 valence electrons. The van der Waals surface area contributed by atoms with Crippen molar-refractivity contribution in [2.24, 2.45) is 0 Å². The minimum atomic E-state index is -0.618. The normalized spacial score (nSPS) is 17.8. The van der Waals surface area contributed by atoms with Gasteiger partial charge in [0.25, 0.3) is 0 Å². The van der Waals surface area contributed by atoms with Crippen molar-refractivity contribution in [1.82, 2.24) is 4.90 Å². The van der Waals surface area contributed by atoms with E-state index in [0.29, 0.717) is 6.42 Å². The Balaban J connectivity index is 2.21. The lowest BCUT2D eigenvalue weighted by atomic mass is 10.1. The molecule has 0 N–H and O–H groups in total. The molecule has 1 heterocycles. The molecule has 0 saturated heterocycles. The number of hydrogen-bond donors (Lipinski definition) is 0. The highest BCUT2D eigenvalue weighted by Gasteiger charge is 2.29. The van der Waals surface area contributed by atoms with Crippen molar-refractivity contribution in [2.75, 3.05) is 0 Å². The first-order chi connectivity index (χ1) is 9.15. The van der Waals surface area contributed by atoms with Gasteiger partial charge in [0.2, 0.25) is 6.23 Å². The number of allylic oxidation sites excluding steroid dienone is 2. The fraction of sp³-hybridized carbons (Fsp3) is 0.312. The molecule has 1 aliphatic rings. The van der Waals surface area contributed by atoms with E-state index in [2.05, 4.69) is 43.2 Å². The van der Waals surface area contributed by atoms with Crippen LogP contribution in [0, 0.1) is 18.9 Å². The summed E-state index contributed by atoms with van der Waals surface area (Å²) in [6.07, 6.45) is 0.835. The van der Waals surface area contributed by atoms with Crippen molar-refractivity contribution in [3.8, 4) is 12.0 Å². The summed E-state index contributed by atoms with van der Waals surface area (Å²) in [7, 11) is 0. The Morgan fingerprint density at radius 1 is 1.32 bits per heavy atom. The summed E-state index contributed by atoms with van der Waals surface area (Å²) in [6, 6.07) is 11.2. The first-order valence-corrected chi connectivity index (χ1v) is 6.24. The van der Waals surface area contributed by atoms with Crippen molar-refractivity contribution in [1.29, 1.82) is 0 Å². The SMILES string of the molecule is CC#CN1C(C)=C(Cc2ccc(C)cc2)OC1C=O. The number of hydrogen-bond acceptors (Lipinski definition) is 3. The van der Waals surface area contributed by atoms with Gasteiger partial charge in [0.1, 0.15) is 5.76 Å². The molecule has 0 radical (unpaired) electrons. The molecule has 0 fully saturated rings. The summed E-state index contributed by atoms with van der Waals surface area (Å²) in [5.41, 5.74) is 3.30. The molecule has 1 atom stereocenters. The van der Waals surface area contributed by atoms with Crippen LogP contribution in [0.5, 0.6) is 0 Å². The summed E-state index contributed by atoms with van der Waals surface area (Å²) in [5.74, 6) is 3.61. The molecule has 1 aromatic rings. The molecule has 0 aromatic heterocycles. The van der Waals surface area contributed by atoms with E-state index in [9.17, 15) is 4.79 Å². The molecule has 0 amide bonds. The zero-order valence-electron chi connectivity index (χ0n) is 11.4. The number of aldehydes is 1. The molecule has 0 bridgehead atoms. The van der Waals surface area contributed by atoms with Crippen LogP contribution in [0.1, 0.15) is 25.0 Å².